The van der Waals surface area contributed by atoms with E-state index < -0.39 is 0 Å². The standard InChI is InChI=1S/C12H23N3O2.ClH/c1-3-11(16)15-9-5-4-6-10(15)12(17)14-8-7-13-2;/h10,13H,3-9H2,1-2H3,(H,14,17);1H. The first-order chi connectivity index (χ1) is 8.20. The second kappa shape index (κ2) is 9.16. The second-order valence-electron chi connectivity index (χ2n) is 4.35. The van der Waals surface area contributed by atoms with Gasteiger partial charge in [0.2, 0.25) is 11.8 Å². The summed E-state index contributed by atoms with van der Waals surface area (Å²) in [6.07, 6.45) is 3.29. The van der Waals surface area contributed by atoms with Crippen molar-refractivity contribution in [3.63, 3.8) is 0 Å². The molecule has 0 aliphatic carbocycles. The minimum atomic E-state index is -0.256. The van der Waals surface area contributed by atoms with E-state index in [1.165, 1.54) is 0 Å². The van der Waals surface area contributed by atoms with Gasteiger partial charge in [0.15, 0.2) is 0 Å². The van der Waals surface area contributed by atoms with Crippen LogP contribution >= 0.6 is 12.4 Å². The van der Waals surface area contributed by atoms with E-state index in [9.17, 15) is 9.59 Å². The Labute approximate surface area is 115 Å². The molecular formula is C12H24ClN3O2. The molecular weight excluding hydrogens is 254 g/mol. The zero-order valence-corrected chi connectivity index (χ0v) is 12.0. The number of amides is 2. The molecule has 106 valence electrons. The van der Waals surface area contributed by atoms with Crippen molar-refractivity contribution in [3.05, 3.63) is 0 Å². The van der Waals surface area contributed by atoms with Crippen molar-refractivity contribution in [2.75, 3.05) is 26.7 Å². The molecule has 1 aliphatic rings. The molecule has 1 rings (SSSR count). The quantitative estimate of drug-likeness (QED) is 0.721. The van der Waals surface area contributed by atoms with Crippen LogP contribution in [0.2, 0.25) is 0 Å². The van der Waals surface area contributed by atoms with Gasteiger partial charge < -0.3 is 15.5 Å². The largest absolute Gasteiger partial charge is 0.353 e. The third-order valence-corrected chi connectivity index (χ3v) is 3.10. The van der Waals surface area contributed by atoms with E-state index in [0.29, 0.717) is 13.0 Å². The van der Waals surface area contributed by atoms with E-state index in [4.69, 9.17) is 0 Å². The molecule has 0 aromatic carbocycles. The Bertz CT molecular complexity index is 274. The maximum atomic E-state index is 12.0. The molecule has 5 nitrogen and oxygen atoms in total. The lowest BCUT2D eigenvalue weighted by Crippen LogP contribution is -2.52. The summed E-state index contributed by atoms with van der Waals surface area (Å²) in [4.78, 5) is 25.5. The zero-order valence-electron chi connectivity index (χ0n) is 11.2. The molecule has 1 heterocycles. The Kier molecular flexibility index (Phi) is 8.75. The summed E-state index contributed by atoms with van der Waals surface area (Å²) >= 11 is 0. The fourth-order valence-electron chi connectivity index (χ4n) is 2.13. The van der Waals surface area contributed by atoms with Gasteiger partial charge in [0.05, 0.1) is 0 Å². The van der Waals surface area contributed by atoms with E-state index >= 15 is 0 Å². The van der Waals surface area contributed by atoms with Crippen LogP contribution < -0.4 is 10.6 Å². The minimum Gasteiger partial charge on any atom is -0.353 e. The highest BCUT2D eigenvalue weighted by molar-refractivity contribution is 5.87. The molecule has 1 atom stereocenters. The van der Waals surface area contributed by atoms with E-state index in [2.05, 4.69) is 10.6 Å². The zero-order chi connectivity index (χ0) is 12.7. The van der Waals surface area contributed by atoms with Gasteiger partial charge in [-0.25, -0.2) is 0 Å². The third-order valence-electron chi connectivity index (χ3n) is 3.10. The second-order valence-corrected chi connectivity index (χ2v) is 4.35. The molecule has 1 aliphatic heterocycles. The first-order valence-electron chi connectivity index (χ1n) is 6.42. The molecule has 0 spiro atoms. The van der Waals surface area contributed by atoms with Gasteiger partial charge in [0, 0.05) is 26.1 Å². The summed E-state index contributed by atoms with van der Waals surface area (Å²) in [6.45, 7) is 3.92. The topological polar surface area (TPSA) is 61.4 Å². The summed E-state index contributed by atoms with van der Waals surface area (Å²) in [5, 5.41) is 5.84. The van der Waals surface area contributed by atoms with Crippen molar-refractivity contribution >= 4 is 24.2 Å². The third kappa shape index (κ3) is 4.82. The molecule has 0 aromatic heterocycles. The van der Waals surface area contributed by atoms with Crippen LogP contribution in [0.5, 0.6) is 0 Å². The number of nitrogens with zero attached hydrogens (tertiary/aromatic N) is 1. The predicted octanol–water partition coefficient (Wildman–Crippen LogP) is 0.535. The molecule has 18 heavy (non-hydrogen) atoms. The van der Waals surface area contributed by atoms with Crippen LogP contribution in [0, 0.1) is 0 Å². The van der Waals surface area contributed by atoms with Gasteiger partial charge in [-0.3, -0.25) is 9.59 Å². The lowest BCUT2D eigenvalue weighted by molar-refractivity contribution is -0.142. The van der Waals surface area contributed by atoms with Gasteiger partial charge in [-0.15, -0.1) is 12.4 Å². The Morgan fingerprint density at radius 3 is 2.61 bits per heavy atom. The van der Waals surface area contributed by atoms with E-state index in [0.717, 1.165) is 32.4 Å². The van der Waals surface area contributed by atoms with Crippen molar-refractivity contribution in [2.24, 2.45) is 0 Å². The van der Waals surface area contributed by atoms with Gasteiger partial charge >= 0.3 is 0 Å². The average Bonchev–Trinajstić information content (AvgIpc) is 2.38. The number of nitrogens with one attached hydrogen (secondary N) is 2. The lowest BCUT2D eigenvalue weighted by Gasteiger charge is -2.34. The van der Waals surface area contributed by atoms with Gasteiger partial charge in [-0.2, -0.15) is 0 Å². The molecule has 0 aromatic rings. The summed E-state index contributed by atoms with van der Waals surface area (Å²) in [5.41, 5.74) is 0. The Morgan fingerprint density at radius 1 is 1.28 bits per heavy atom. The Morgan fingerprint density at radius 2 is 2.00 bits per heavy atom. The van der Waals surface area contributed by atoms with Gasteiger partial charge in [-0.1, -0.05) is 6.92 Å². The monoisotopic (exact) mass is 277 g/mol. The van der Waals surface area contributed by atoms with Crippen LogP contribution in [0.15, 0.2) is 0 Å². The molecule has 1 saturated heterocycles. The molecule has 0 radical (unpaired) electrons. The highest BCUT2D eigenvalue weighted by Crippen LogP contribution is 2.18. The van der Waals surface area contributed by atoms with Crippen molar-refractivity contribution in [1.29, 1.82) is 0 Å². The van der Waals surface area contributed by atoms with E-state index in [1.807, 2.05) is 14.0 Å². The number of likely N-dealkylation sites (N-methyl/N-ethyl adjacent to an activating group) is 1. The molecule has 6 heteroatoms. The maximum Gasteiger partial charge on any atom is 0.242 e. The van der Waals surface area contributed by atoms with Crippen LogP contribution in [0.3, 0.4) is 0 Å². The van der Waals surface area contributed by atoms with Crippen molar-refractivity contribution in [3.8, 4) is 0 Å². The number of hydrogen-bond donors (Lipinski definition) is 2. The Balaban J connectivity index is 0.00000289. The first kappa shape index (κ1) is 17.2. The number of rotatable bonds is 5. The van der Waals surface area contributed by atoms with Gasteiger partial charge in [-0.05, 0) is 26.3 Å². The first-order valence-corrected chi connectivity index (χ1v) is 6.42. The van der Waals surface area contributed by atoms with Crippen molar-refractivity contribution in [2.45, 2.75) is 38.6 Å². The number of piperidine rings is 1. The number of carbonyl (C=O) groups is 2. The summed E-state index contributed by atoms with van der Waals surface area (Å²) in [5.74, 6) is 0.0696. The van der Waals surface area contributed by atoms with E-state index in [1.54, 1.807) is 4.90 Å². The molecule has 1 unspecified atom stereocenters. The summed E-state index contributed by atoms with van der Waals surface area (Å²) < 4.78 is 0. The fourth-order valence-corrected chi connectivity index (χ4v) is 2.13. The number of likely N-dealkylation sites (tertiary alicyclic amines) is 1. The Hall–Kier alpha value is -0.810. The number of carbonyl (C=O) groups excluding carboxylic acids is 2. The smallest absolute Gasteiger partial charge is 0.242 e. The summed E-state index contributed by atoms with van der Waals surface area (Å²) in [6, 6.07) is -0.256. The molecule has 0 bridgehead atoms. The van der Waals surface area contributed by atoms with Gasteiger partial charge in [0.1, 0.15) is 6.04 Å². The average molecular weight is 278 g/mol. The van der Waals surface area contributed by atoms with Crippen molar-refractivity contribution < 1.29 is 9.59 Å². The van der Waals surface area contributed by atoms with Crippen molar-refractivity contribution in [1.82, 2.24) is 15.5 Å². The molecule has 2 N–H and O–H groups in total. The van der Waals surface area contributed by atoms with Crippen LogP contribution in [-0.4, -0.2) is 49.4 Å². The normalized spacial score (nSPS) is 19.0. The van der Waals surface area contributed by atoms with Crippen LogP contribution in [0.4, 0.5) is 0 Å². The molecule has 1 fully saturated rings. The van der Waals surface area contributed by atoms with Gasteiger partial charge in [0.25, 0.3) is 0 Å². The summed E-state index contributed by atoms with van der Waals surface area (Å²) in [7, 11) is 1.85. The SMILES string of the molecule is CCC(=O)N1CCCCC1C(=O)NCCNC.Cl. The predicted molar refractivity (Wildman–Crippen MR) is 73.8 cm³/mol. The van der Waals surface area contributed by atoms with E-state index in [-0.39, 0.29) is 30.3 Å². The highest BCUT2D eigenvalue weighted by atomic mass is 35.5. The molecule has 2 amide bonds. The number of hydrogen-bond acceptors (Lipinski definition) is 3. The maximum absolute atomic E-state index is 12.0. The fraction of sp³-hybridized carbons (Fsp3) is 0.833. The number of halogens is 1. The van der Waals surface area contributed by atoms with Crippen LogP contribution in [0.1, 0.15) is 32.6 Å². The molecule has 0 saturated carbocycles. The van der Waals surface area contributed by atoms with Crippen LogP contribution in [0.25, 0.3) is 0 Å². The lowest BCUT2D eigenvalue weighted by atomic mass is 10.0. The minimum absolute atomic E-state index is 0. The highest BCUT2D eigenvalue weighted by Gasteiger charge is 2.30. The van der Waals surface area contributed by atoms with Crippen LogP contribution in [-0.2, 0) is 9.59 Å².